The van der Waals surface area contributed by atoms with Crippen molar-refractivity contribution >= 4 is 27.4 Å². The number of anilines is 1. The molecule has 3 aromatic heterocycles. The van der Waals surface area contributed by atoms with Crippen LogP contribution in [-0.2, 0) is 19.4 Å². The number of aromatic nitrogens is 5. The van der Waals surface area contributed by atoms with E-state index in [4.69, 9.17) is 9.97 Å². The van der Waals surface area contributed by atoms with Gasteiger partial charge in [-0.25, -0.2) is 15.0 Å². The summed E-state index contributed by atoms with van der Waals surface area (Å²) in [5.74, 6) is 3.52. The minimum absolute atomic E-state index is 0.595. The van der Waals surface area contributed by atoms with Crippen LogP contribution in [0.5, 0.6) is 0 Å². The maximum Gasteiger partial charge on any atom is 0.141 e. The Balaban J connectivity index is 1.39. The number of rotatable bonds is 4. The molecular formula is C21H26N6S. The van der Waals surface area contributed by atoms with Crippen molar-refractivity contribution in [3.63, 3.8) is 0 Å². The number of hydrogen-bond donors (Lipinski definition) is 0. The van der Waals surface area contributed by atoms with E-state index >= 15 is 0 Å². The first-order valence-corrected chi connectivity index (χ1v) is 11.6. The summed E-state index contributed by atoms with van der Waals surface area (Å²) < 4.78 is 1.98. The molecule has 0 aromatic carbocycles. The van der Waals surface area contributed by atoms with Crippen molar-refractivity contribution in [2.45, 2.75) is 63.8 Å². The molecule has 0 radical (unpaired) electrons. The van der Waals surface area contributed by atoms with E-state index in [9.17, 15) is 0 Å². The second-order valence-corrected chi connectivity index (χ2v) is 9.73. The summed E-state index contributed by atoms with van der Waals surface area (Å²) in [7, 11) is 0. The molecule has 0 N–H and O–H groups in total. The average Bonchev–Trinajstić information content (AvgIpc) is 3.33. The van der Waals surface area contributed by atoms with Gasteiger partial charge in [0.1, 0.15) is 29.1 Å². The fourth-order valence-corrected chi connectivity index (χ4v) is 6.17. The van der Waals surface area contributed by atoms with Crippen molar-refractivity contribution in [2.75, 3.05) is 18.0 Å². The van der Waals surface area contributed by atoms with E-state index in [-0.39, 0.29) is 0 Å². The average molecular weight is 395 g/mol. The van der Waals surface area contributed by atoms with Gasteiger partial charge in [-0.1, -0.05) is 0 Å². The maximum absolute atomic E-state index is 5.19. The van der Waals surface area contributed by atoms with Gasteiger partial charge in [-0.3, -0.25) is 4.68 Å². The van der Waals surface area contributed by atoms with Crippen LogP contribution in [0.1, 0.15) is 60.7 Å². The van der Waals surface area contributed by atoms with E-state index in [0.29, 0.717) is 11.8 Å². The summed E-state index contributed by atoms with van der Waals surface area (Å²) >= 11 is 1.94. The summed E-state index contributed by atoms with van der Waals surface area (Å²) in [4.78, 5) is 19.7. The lowest BCUT2D eigenvalue weighted by molar-refractivity contribution is 0.350. The molecule has 2 fully saturated rings. The molecule has 0 amide bonds. The zero-order chi connectivity index (χ0) is 18.5. The number of nitrogens with zero attached hydrogens (tertiary/aromatic N) is 6. The van der Waals surface area contributed by atoms with Gasteiger partial charge in [0.2, 0.25) is 0 Å². The topological polar surface area (TPSA) is 59.7 Å². The third-order valence-electron chi connectivity index (χ3n) is 6.49. The van der Waals surface area contributed by atoms with Crippen molar-refractivity contribution in [2.24, 2.45) is 5.92 Å². The Morgan fingerprint density at radius 2 is 2.00 bits per heavy atom. The van der Waals surface area contributed by atoms with Gasteiger partial charge in [0, 0.05) is 30.4 Å². The van der Waals surface area contributed by atoms with Crippen LogP contribution in [0.2, 0.25) is 0 Å². The first-order valence-electron chi connectivity index (χ1n) is 10.7. The Kier molecular flexibility index (Phi) is 4.10. The number of aryl methyl sites for hydroxylation is 2. The monoisotopic (exact) mass is 394 g/mol. The standard InChI is InChI=1S/C21H26N6S/c1-2-6-17-16(5-1)18-20(24-19(15-7-8-15)25-21(18)28-17)26-9-3-4-14(10-26)11-27-13-22-12-23-27/h12-15H,1-11H2. The first kappa shape index (κ1) is 16.9. The lowest BCUT2D eigenvalue weighted by Gasteiger charge is -2.34. The minimum atomic E-state index is 0.595. The molecule has 146 valence electrons. The van der Waals surface area contributed by atoms with Crippen molar-refractivity contribution in [3.8, 4) is 0 Å². The molecule has 6 rings (SSSR count). The molecule has 3 aromatic rings. The second-order valence-electron chi connectivity index (χ2n) is 8.64. The molecule has 28 heavy (non-hydrogen) atoms. The van der Waals surface area contributed by atoms with E-state index in [1.54, 1.807) is 16.8 Å². The summed E-state index contributed by atoms with van der Waals surface area (Å²) in [6.45, 7) is 3.11. The van der Waals surface area contributed by atoms with Crippen LogP contribution in [0.3, 0.4) is 0 Å². The SMILES string of the molecule is c1ncn(CC2CCCN(c3nc(C4CC4)nc4sc5c(c34)CCCC5)C2)n1. The van der Waals surface area contributed by atoms with E-state index in [0.717, 1.165) is 25.5 Å². The van der Waals surface area contributed by atoms with Gasteiger partial charge in [-0.2, -0.15) is 5.10 Å². The zero-order valence-electron chi connectivity index (χ0n) is 16.2. The van der Waals surface area contributed by atoms with Crippen LogP contribution in [0.15, 0.2) is 12.7 Å². The number of hydrogen-bond acceptors (Lipinski definition) is 6. The van der Waals surface area contributed by atoms with Gasteiger partial charge in [0.25, 0.3) is 0 Å². The van der Waals surface area contributed by atoms with Crippen molar-refractivity contribution in [3.05, 3.63) is 28.9 Å². The fourth-order valence-electron chi connectivity index (χ4n) is 4.91. The summed E-state index contributed by atoms with van der Waals surface area (Å²) in [5, 5.41) is 5.70. The van der Waals surface area contributed by atoms with Gasteiger partial charge < -0.3 is 4.90 Å². The number of thiophene rings is 1. The molecule has 3 aliphatic rings. The molecule has 0 spiro atoms. The molecule has 2 aliphatic carbocycles. The normalized spacial score (nSPS) is 22.6. The van der Waals surface area contributed by atoms with Gasteiger partial charge in [0.05, 0.1) is 5.39 Å². The highest BCUT2D eigenvalue weighted by Crippen LogP contribution is 2.44. The molecule has 0 bridgehead atoms. The van der Waals surface area contributed by atoms with Gasteiger partial charge in [-0.15, -0.1) is 11.3 Å². The van der Waals surface area contributed by atoms with Crippen LogP contribution in [0, 0.1) is 5.92 Å². The molecule has 4 heterocycles. The Morgan fingerprint density at radius 1 is 1.07 bits per heavy atom. The Labute approximate surface area is 169 Å². The van der Waals surface area contributed by atoms with Gasteiger partial charge >= 0.3 is 0 Å². The van der Waals surface area contributed by atoms with Crippen LogP contribution in [0.4, 0.5) is 5.82 Å². The van der Waals surface area contributed by atoms with Crippen LogP contribution < -0.4 is 4.90 Å². The van der Waals surface area contributed by atoms with Gasteiger partial charge in [-0.05, 0) is 62.8 Å². The fraction of sp³-hybridized carbons (Fsp3) is 0.619. The second kappa shape index (κ2) is 6.79. The van der Waals surface area contributed by atoms with E-state index in [1.165, 1.54) is 67.4 Å². The summed E-state index contributed by atoms with van der Waals surface area (Å²) in [6.07, 6.45) is 13.5. The van der Waals surface area contributed by atoms with E-state index < -0.39 is 0 Å². The molecule has 1 unspecified atom stereocenters. The van der Waals surface area contributed by atoms with Crippen molar-refractivity contribution < 1.29 is 0 Å². The molecular weight excluding hydrogens is 368 g/mol. The summed E-state index contributed by atoms with van der Waals surface area (Å²) in [6, 6.07) is 0. The van der Waals surface area contributed by atoms with Crippen LogP contribution >= 0.6 is 11.3 Å². The Morgan fingerprint density at radius 3 is 2.86 bits per heavy atom. The van der Waals surface area contributed by atoms with Crippen LogP contribution in [-0.4, -0.2) is 37.8 Å². The largest absolute Gasteiger partial charge is 0.356 e. The maximum atomic E-state index is 5.19. The quantitative estimate of drug-likeness (QED) is 0.670. The van der Waals surface area contributed by atoms with E-state index in [2.05, 4.69) is 15.0 Å². The highest BCUT2D eigenvalue weighted by Gasteiger charge is 2.32. The first-order chi connectivity index (χ1) is 13.8. The predicted molar refractivity (Wildman–Crippen MR) is 111 cm³/mol. The van der Waals surface area contributed by atoms with Crippen LogP contribution in [0.25, 0.3) is 10.2 Å². The molecule has 1 saturated carbocycles. The van der Waals surface area contributed by atoms with Crippen molar-refractivity contribution in [1.82, 2.24) is 24.7 Å². The predicted octanol–water partition coefficient (Wildman–Crippen LogP) is 3.96. The molecule has 1 atom stereocenters. The minimum Gasteiger partial charge on any atom is -0.356 e. The number of fused-ring (bicyclic) bond motifs is 3. The highest BCUT2D eigenvalue weighted by atomic mass is 32.1. The molecule has 1 aliphatic heterocycles. The van der Waals surface area contributed by atoms with Crippen molar-refractivity contribution in [1.29, 1.82) is 0 Å². The number of piperidine rings is 1. The third kappa shape index (κ3) is 3.00. The van der Waals surface area contributed by atoms with Gasteiger partial charge in [0.15, 0.2) is 0 Å². The lowest BCUT2D eigenvalue weighted by Crippen LogP contribution is -2.38. The molecule has 1 saturated heterocycles. The summed E-state index contributed by atoms with van der Waals surface area (Å²) in [5.41, 5.74) is 1.56. The molecule has 7 heteroatoms. The van der Waals surface area contributed by atoms with E-state index in [1.807, 2.05) is 22.3 Å². The Bertz CT molecular complexity index is 990. The smallest absolute Gasteiger partial charge is 0.141 e. The zero-order valence-corrected chi connectivity index (χ0v) is 17.0. The third-order valence-corrected chi connectivity index (χ3v) is 7.67. The lowest BCUT2D eigenvalue weighted by atomic mass is 9.95. The highest BCUT2D eigenvalue weighted by molar-refractivity contribution is 7.19. The molecule has 6 nitrogen and oxygen atoms in total. The Hall–Kier alpha value is -2.02.